The molecule has 0 aliphatic heterocycles. The molecule has 194 valence electrons. The first-order valence-electron chi connectivity index (χ1n) is 11.3. The maximum absolute atomic E-state index is 12.7. The van der Waals surface area contributed by atoms with Gasteiger partial charge in [0.2, 0.25) is 5.91 Å². The fourth-order valence-electron chi connectivity index (χ4n) is 2.92. The third-order valence-corrected chi connectivity index (χ3v) is 4.78. The van der Waals surface area contributed by atoms with E-state index >= 15 is 0 Å². The first kappa shape index (κ1) is 28.3. The van der Waals surface area contributed by atoms with Crippen LogP contribution in [0.3, 0.4) is 0 Å². The van der Waals surface area contributed by atoms with E-state index in [1.54, 1.807) is 0 Å². The van der Waals surface area contributed by atoms with Gasteiger partial charge in [0.05, 0.1) is 24.2 Å². The average Bonchev–Trinajstić information content (AvgIpc) is 2.84. The van der Waals surface area contributed by atoms with Crippen LogP contribution in [0.1, 0.15) is 54.9 Å². The lowest BCUT2D eigenvalue weighted by atomic mass is 10.2. The fraction of sp³-hybridized carbons (Fsp3) is 0.360. The van der Waals surface area contributed by atoms with Crippen LogP contribution in [0.4, 0.5) is 24.5 Å². The second-order valence-electron chi connectivity index (χ2n) is 7.76. The average molecular weight is 508 g/mol. The number of esters is 2. The van der Waals surface area contributed by atoms with Crippen LogP contribution in [0.5, 0.6) is 0 Å². The highest BCUT2D eigenvalue weighted by Crippen LogP contribution is 2.30. The van der Waals surface area contributed by atoms with E-state index in [4.69, 9.17) is 9.47 Å². The van der Waals surface area contributed by atoms with E-state index in [-0.39, 0.29) is 18.5 Å². The zero-order chi connectivity index (χ0) is 26.6. The maximum atomic E-state index is 12.7. The summed E-state index contributed by atoms with van der Waals surface area (Å²) in [6, 6.07) is 10.1. The fourth-order valence-corrected chi connectivity index (χ4v) is 2.92. The minimum absolute atomic E-state index is 0.0963. The minimum Gasteiger partial charge on any atom is -0.462 e. The molecule has 2 N–H and O–H groups in total. The molecule has 8 nitrogen and oxygen atoms in total. The summed E-state index contributed by atoms with van der Waals surface area (Å²) in [6.45, 7) is 1.67. The summed E-state index contributed by atoms with van der Waals surface area (Å²) >= 11 is 0. The van der Waals surface area contributed by atoms with Crippen molar-refractivity contribution in [2.75, 3.05) is 23.8 Å². The molecule has 0 aliphatic carbocycles. The lowest BCUT2D eigenvalue weighted by Gasteiger charge is -2.10. The largest absolute Gasteiger partial charge is 0.462 e. The smallest absolute Gasteiger partial charge is 0.416 e. The molecule has 2 amide bonds. The minimum atomic E-state index is -4.56. The van der Waals surface area contributed by atoms with Crippen molar-refractivity contribution in [3.05, 3.63) is 59.7 Å². The van der Waals surface area contributed by atoms with E-state index in [0.717, 1.165) is 37.5 Å². The Labute approximate surface area is 206 Å². The monoisotopic (exact) mass is 508 g/mol. The number of amides is 2. The van der Waals surface area contributed by atoms with Gasteiger partial charge in [-0.05, 0) is 48.9 Å². The van der Waals surface area contributed by atoms with Gasteiger partial charge in [0, 0.05) is 17.8 Å². The van der Waals surface area contributed by atoms with Crippen LogP contribution >= 0.6 is 0 Å². The topological polar surface area (TPSA) is 111 Å². The molecule has 2 rings (SSSR count). The normalized spacial score (nSPS) is 10.9. The Morgan fingerprint density at radius 1 is 0.833 bits per heavy atom. The number of hydrogen-bond acceptors (Lipinski definition) is 6. The van der Waals surface area contributed by atoms with Gasteiger partial charge in [0.15, 0.2) is 6.61 Å². The van der Waals surface area contributed by atoms with Gasteiger partial charge in [-0.25, -0.2) is 4.79 Å². The summed E-state index contributed by atoms with van der Waals surface area (Å²) < 4.78 is 48.1. The molecule has 0 unspecified atom stereocenters. The number of rotatable bonds is 12. The molecule has 0 saturated carbocycles. The van der Waals surface area contributed by atoms with Gasteiger partial charge in [0.25, 0.3) is 5.91 Å². The van der Waals surface area contributed by atoms with Crippen LogP contribution in [-0.2, 0) is 30.0 Å². The lowest BCUT2D eigenvalue weighted by Crippen LogP contribution is -2.22. The van der Waals surface area contributed by atoms with Crippen molar-refractivity contribution >= 4 is 35.1 Å². The molecular weight excluding hydrogens is 481 g/mol. The van der Waals surface area contributed by atoms with Crippen LogP contribution in [0, 0.1) is 0 Å². The van der Waals surface area contributed by atoms with E-state index in [0.29, 0.717) is 17.9 Å². The highest BCUT2D eigenvalue weighted by Gasteiger charge is 2.30. The molecule has 2 aromatic carbocycles. The van der Waals surface area contributed by atoms with Crippen molar-refractivity contribution < 1.29 is 41.8 Å². The van der Waals surface area contributed by atoms with Crippen LogP contribution in [0.25, 0.3) is 0 Å². The Hall–Kier alpha value is -3.89. The van der Waals surface area contributed by atoms with Gasteiger partial charge < -0.3 is 20.1 Å². The van der Waals surface area contributed by atoms with Crippen molar-refractivity contribution in [2.24, 2.45) is 0 Å². The molecule has 36 heavy (non-hydrogen) atoms. The van der Waals surface area contributed by atoms with E-state index in [1.165, 1.54) is 30.3 Å². The van der Waals surface area contributed by atoms with Crippen molar-refractivity contribution in [1.29, 1.82) is 0 Å². The number of alkyl halides is 3. The number of unbranched alkanes of at least 4 members (excludes halogenated alkanes) is 2. The zero-order valence-corrected chi connectivity index (χ0v) is 19.7. The van der Waals surface area contributed by atoms with Crippen LogP contribution in [-0.4, -0.2) is 37.0 Å². The third-order valence-electron chi connectivity index (χ3n) is 4.78. The number of nitrogens with one attached hydrogen (secondary N) is 2. The Balaban J connectivity index is 1.70. The summed E-state index contributed by atoms with van der Waals surface area (Å²) in [5, 5.41) is 4.78. The summed E-state index contributed by atoms with van der Waals surface area (Å²) in [5.41, 5.74) is -0.269. The number of benzene rings is 2. The molecular formula is C25H27F3N2O6. The summed E-state index contributed by atoms with van der Waals surface area (Å²) in [5.74, 6) is -2.60. The summed E-state index contributed by atoms with van der Waals surface area (Å²) in [7, 11) is 0. The molecule has 0 aromatic heterocycles. The first-order chi connectivity index (χ1) is 17.1. The standard InChI is InChI=1S/C25H27F3N2O6/c1-2-3-4-14-35-24(34)17-8-10-19(11-9-17)29-21(31)12-13-23(33)36-16-22(32)30-20-7-5-6-18(15-20)25(26,27)28/h5-11,15H,2-4,12-14,16H2,1H3,(H,29,31)(H,30,32). The molecule has 0 radical (unpaired) electrons. The SMILES string of the molecule is CCCCCOC(=O)c1ccc(NC(=O)CCC(=O)OCC(=O)Nc2cccc(C(F)(F)F)c2)cc1. The number of carbonyl (C=O) groups is 4. The molecule has 0 aliphatic rings. The van der Waals surface area contributed by atoms with Crippen molar-refractivity contribution in [1.82, 2.24) is 0 Å². The number of anilines is 2. The second-order valence-corrected chi connectivity index (χ2v) is 7.76. The van der Waals surface area contributed by atoms with E-state index in [1.807, 2.05) is 6.92 Å². The quantitative estimate of drug-likeness (QED) is 0.310. The number of hydrogen-bond donors (Lipinski definition) is 2. The van der Waals surface area contributed by atoms with Crippen molar-refractivity contribution in [3.8, 4) is 0 Å². The predicted molar refractivity (Wildman–Crippen MR) is 125 cm³/mol. The Morgan fingerprint density at radius 2 is 1.53 bits per heavy atom. The Bertz CT molecular complexity index is 1050. The molecule has 0 atom stereocenters. The highest BCUT2D eigenvalue weighted by atomic mass is 19.4. The number of halogens is 3. The van der Waals surface area contributed by atoms with Gasteiger partial charge in [0.1, 0.15) is 0 Å². The molecule has 0 bridgehead atoms. The van der Waals surface area contributed by atoms with Crippen molar-refractivity contribution in [2.45, 2.75) is 45.2 Å². The Kier molecular flexibility index (Phi) is 10.9. The summed E-state index contributed by atoms with van der Waals surface area (Å²) in [6.07, 6.45) is -2.32. The first-order valence-corrected chi connectivity index (χ1v) is 11.3. The summed E-state index contributed by atoms with van der Waals surface area (Å²) in [4.78, 5) is 47.6. The van der Waals surface area contributed by atoms with E-state index in [9.17, 15) is 32.3 Å². The zero-order valence-electron chi connectivity index (χ0n) is 19.7. The molecule has 0 saturated heterocycles. The molecule has 0 spiro atoms. The highest BCUT2D eigenvalue weighted by molar-refractivity contribution is 5.95. The van der Waals surface area contributed by atoms with Gasteiger partial charge in [-0.3, -0.25) is 14.4 Å². The van der Waals surface area contributed by atoms with Gasteiger partial charge in [-0.1, -0.05) is 25.8 Å². The Morgan fingerprint density at radius 3 is 2.19 bits per heavy atom. The number of ether oxygens (including phenoxy) is 2. The lowest BCUT2D eigenvalue weighted by molar-refractivity contribution is -0.147. The van der Waals surface area contributed by atoms with Gasteiger partial charge in [-0.15, -0.1) is 0 Å². The molecule has 2 aromatic rings. The van der Waals surface area contributed by atoms with Crippen LogP contribution in [0.15, 0.2) is 48.5 Å². The van der Waals surface area contributed by atoms with Crippen molar-refractivity contribution in [3.63, 3.8) is 0 Å². The maximum Gasteiger partial charge on any atom is 0.416 e. The van der Waals surface area contributed by atoms with Crippen LogP contribution < -0.4 is 10.6 Å². The van der Waals surface area contributed by atoms with Gasteiger partial charge in [-0.2, -0.15) is 13.2 Å². The third kappa shape index (κ3) is 10.2. The van der Waals surface area contributed by atoms with Crippen LogP contribution in [0.2, 0.25) is 0 Å². The van der Waals surface area contributed by atoms with E-state index in [2.05, 4.69) is 10.6 Å². The molecule has 0 heterocycles. The molecule has 0 fully saturated rings. The van der Waals surface area contributed by atoms with Gasteiger partial charge >= 0.3 is 18.1 Å². The predicted octanol–water partition coefficient (Wildman–Crippen LogP) is 4.95. The van der Waals surface area contributed by atoms with E-state index < -0.39 is 42.1 Å². The second kappa shape index (κ2) is 13.9. The number of carbonyl (C=O) groups excluding carboxylic acids is 4. The molecule has 11 heteroatoms.